The minimum absolute atomic E-state index is 0. The molecule has 0 fully saturated rings. The van der Waals surface area contributed by atoms with Crippen LogP contribution in [-0.2, 0) is 19.9 Å². The van der Waals surface area contributed by atoms with E-state index in [0.29, 0.717) is 0 Å². The van der Waals surface area contributed by atoms with Crippen LogP contribution in [0.25, 0.3) is 22.0 Å². The molecular formula is C21H19BkN2+. The van der Waals surface area contributed by atoms with Crippen LogP contribution in [0.1, 0.15) is 22.4 Å². The van der Waals surface area contributed by atoms with Gasteiger partial charge in [-0.2, -0.15) is 4.57 Å². The van der Waals surface area contributed by atoms with E-state index in [1.165, 1.54) is 50.1 Å². The number of aryl methyl sites for hydroxylation is 2. The molecule has 0 atom stereocenters. The average molecular weight is 546 g/mol. The summed E-state index contributed by atoms with van der Waals surface area (Å²) in [6.45, 7) is 2.18. The van der Waals surface area contributed by atoms with Gasteiger partial charge in [-0.25, -0.2) is 0 Å². The summed E-state index contributed by atoms with van der Waals surface area (Å²) >= 11 is 0. The fourth-order valence-electron chi connectivity index (χ4n) is 4.19. The van der Waals surface area contributed by atoms with E-state index in [2.05, 4.69) is 72.8 Å². The molecule has 3 aromatic rings. The summed E-state index contributed by atoms with van der Waals surface area (Å²) in [6, 6.07) is 13.6. The fourth-order valence-corrected chi connectivity index (χ4v) is 4.19. The third-order valence-electron chi connectivity index (χ3n) is 5.48. The Bertz CT molecular complexity index is 1050. The van der Waals surface area contributed by atoms with Crippen LogP contribution >= 0.6 is 0 Å². The van der Waals surface area contributed by atoms with E-state index >= 15 is 0 Å². The van der Waals surface area contributed by atoms with E-state index in [1.807, 2.05) is 0 Å². The van der Waals surface area contributed by atoms with Crippen molar-refractivity contribution in [3.05, 3.63) is 58.8 Å². The van der Waals surface area contributed by atoms with Crippen molar-refractivity contribution in [1.82, 2.24) is 0 Å². The van der Waals surface area contributed by atoms with Gasteiger partial charge in [0.1, 0.15) is 14.1 Å². The van der Waals surface area contributed by atoms with Gasteiger partial charge < -0.3 is 4.58 Å². The third kappa shape index (κ3) is 1.55. The second kappa shape index (κ2) is 4.51. The average Bonchev–Trinajstić information content (AvgIpc) is 3.11. The van der Waals surface area contributed by atoms with E-state index in [0.717, 1.165) is 12.8 Å². The molecule has 0 saturated heterocycles. The van der Waals surface area contributed by atoms with Crippen molar-refractivity contribution in [2.75, 3.05) is 7.05 Å². The van der Waals surface area contributed by atoms with E-state index < -0.39 is 0 Å². The minimum Gasteiger partial charge on any atom is -0.366 e. The van der Waals surface area contributed by atoms with Crippen molar-refractivity contribution in [1.29, 1.82) is 0 Å². The third-order valence-corrected chi connectivity index (χ3v) is 5.48. The number of benzene rings is 2. The molecule has 2 aliphatic rings. The smallest absolute Gasteiger partial charge is 0.219 e. The molecule has 2 aromatic carbocycles. The zero-order valence-electron chi connectivity index (χ0n) is 14.1. The molecule has 0 amide bonds. The Morgan fingerprint density at radius 3 is 2.38 bits per heavy atom. The normalized spacial score (nSPS) is 14.0. The quantitative estimate of drug-likeness (QED) is 0.236. The first-order valence-electron chi connectivity index (χ1n) is 8.19. The van der Waals surface area contributed by atoms with Crippen molar-refractivity contribution in [3.63, 3.8) is 0 Å². The maximum absolute atomic E-state index is 3.45. The van der Waals surface area contributed by atoms with E-state index in [9.17, 15) is 0 Å². The summed E-state index contributed by atoms with van der Waals surface area (Å²) in [7, 11) is 4.31. The number of pyridine rings is 1. The molecule has 1 aromatic heterocycles. The zero-order valence-corrected chi connectivity index (χ0v) is 16.9. The Hall–Kier alpha value is -3.48. The maximum Gasteiger partial charge on any atom is 0.219 e. The molecule has 3 heteroatoms. The first-order chi connectivity index (χ1) is 11.1. The van der Waals surface area contributed by atoms with E-state index in [1.54, 1.807) is 0 Å². The predicted molar refractivity (Wildman–Crippen MR) is 92.7 cm³/mol. The summed E-state index contributed by atoms with van der Waals surface area (Å²) in [5, 5.41) is 1.32. The molecule has 0 saturated carbocycles. The maximum atomic E-state index is 3.45. The number of fused-ring (bicyclic) bond motifs is 7. The number of aromatic nitrogens is 1. The summed E-state index contributed by atoms with van der Waals surface area (Å²) < 4.78 is 4.53. The standard InChI is InChI=1S/C21H19N2.Bk/c1-13-4-5-14-6-8-17-12-16-9-7-15-10-11-22(2)20(15)18(16)19(17)21(14)23(13)3;/h4-9H,10,12H2,1-3H3;/q+1;. The molecule has 0 spiro atoms. The van der Waals surface area contributed by atoms with Gasteiger partial charge in [-0.15, -0.1) is 0 Å². The van der Waals surface area contributed by atoms with Crippen LogP contribution in [0.15, 0.2) is 36.4 Å². The molecule has 0 unspecified atom stereocenters. The minimum atomic E-state index is 0. The van der Waals surface area contributed by atoms with E-state index in [4.69, 9.17) is 0 Å². The molecule has 5 rings (SSSR count). The molecular weight excluding hydrogens is 527 g/mol. The molecule has 2 nitrogen and oxygen atoms in total. The number of nitrogens with zero attached hydrogens (tertiary/aromatic N) is 2. The van der Waals surface area contributed by atoms with Crippen molar-refractivity contribution in [3.8, 4) is 11.1 Å². The number of hydrogen-bond acceptors (Lipinski definition) is 0. The van der Waals surface area contributed by atoms with Crippen LogP contribution in [-0.4, -0.2) is 17.8 Å². The number of hydrogen-bond donors (Lipinski definition) is 0. The van der Waals surface area contributed by atoms with Crippen molar-refractivity contribution < 1.29 is 9.14 Å². The molecule has 1 radical (unpaired) electrons. The van der Waals surface area contributed by atoms with Gasteiger partial charge in [0.25, 0.3) is 0 Å². The summed E-state index contributed by atoms with van der Waals surface area (Å²) in [6.07, 6.45) is 5.40. The summed E-state index contributed by atoms with van der Waals surface area (Å²) in [4.78, 5) is 0. The van der Waals surface area contributed by atoms with Crippen LogP contribution in [0.4, 0.5) is 5.69 Å². The molecule has 1 aliphatic carbocycles. The largest absolute Gasteiger partial charge is 0.366 e. The molecule has 24 heavy (non-hydrogen) atoms. The molecule has 1 aliphatic heterocycles. The Balaban J connectivity index is 0.00000146. The van der Waals surface area contributed by atoms with Gasteiger partial charge in [-0.3, -0.25) is 0 Å². The molecule has 0 bridgehead atoms. The fraction of sp³-hybridized carbons (Fsp3) is 0.238. The van der Waals surface area contributed by atoms with Crippen LogP contribution in [0.5, 0.6) is 0 Å². The van der Waals surface area contributed by atoms with Crippen LogP contribution < -0.4 is 4.57 Å². The van der Waals surface area contributed by atoms with Crippen LogP contribution in [0.2, 0.25) is 0 Å². The van der Waals surface area contributed by atoms with Gasteiger partial charge in [0, 0.05) is 30.2 Å². The second-order valence-corrected chi connectivity index (χ2v) is 6.75. The molecule has 0 N–H and O–H groups in total. The molecule has 2 heterocycles. The first-order valence-corrected chi connectivity index (χ1v) is 8.19. The first kappa shape index (κ1) is 14.1. The zero-order chi connectivity index (χ0) is 15.7. The van der Waals surface area contributed by atoms with Crippen molar-refractivity contribution in [2.45, 2.75) is 19.8 Å². The second-order valence-electron chi connectivity index (χ2n) is 6.75. The number of rotatable bonds is 0. The topological polar surface area (TPSA) is 6.89 Å². The predicted octanol–water partition coefficient (Wildman–Crippen LogP) is 3.32. The Labute approximate surface area is 136 Å². The van der Waals surface area contributed by atoms with Crippen molar-refractivity contribution in [2.24, 2.45) is 7.05 Å². The van der Waals surface area contributed by atoms with E-state index in [-0.39, 0.29) is 0 Å². The SMILES string of the molecule is Cc1ccc2ccc3c(c2[n+]1C)-c1c(ccc2c1[N+](C)=[C-]C2)C3.[Bk]. The van der Waals surface area contributed by atoms with Gasteiger partial charge >= 0.3 is 0 Å². The van der Waals surface area contributed by atoms with Crippen LogP contribution in [0, 0.1) is 6.92 Å². The Kier molecular flexibility index (Phi) is 2.66. The Morgan fingerprint density at radius 2 is 1.54 bits per heavy atom. The van der Waals surface area contributed by atoms with Crippen molar-refractivity contribution >= 4 is 22.8 Å². The van der Waals surface area contributed by atoms with Gasteiger partial charge in [-0.05, 0) is 41.7 Å². The summed E-state index contributed by atoms with van der Waals surface area (Å²) in [5.41, 5.74) is 11.1. The van der Waals surface area contributed by atoms with Gasteiger partial charge in [0.15, 0.2) is 5.69 Å². The monoisotopic (exact) mass is 546 g/mol. The molecule has 121 valence electrons. The van der Waals surface area contributed by atoms with Gasteiger partial charge in [0.2, 0.25) is 5.52 Å². The summed E-state index contributed by atoms with van der Waals surface area (Å²) in [5.74, 6) is 0. The van der Waals surface area contributed by atoms with Gasteiger partial charge in [0.05, 0.1) is 5.69 Å². The van der Waals surface area contributed by atoms with Crippen LogP contribution in [0.3, 0.4) is 0 Å². The van der Waals surface area contributed by atoms with Gasteiger partial charge in [-0.1, -0.05) is 23.8 Å². The Morgan fingerprint density at radius 1 is 0.875 bits per heavy atom.